The number of benzene rings is 3. The molecule has 4 aromatic rings. The van der Waals surface area contributed by atoms with Gasteiger partial charge >= 0.3 is 0 Å². The molecular formula is C28H29ClN3O. The molecule has 0 saturated heterocycles. The average Bonchev–Trinajstić information content (AvgIpc) is 3.27. The number of nitrogens with one attached hydrogen (secondary N) is 1. The van der Waals surface area contributed by atoms with Gasteiger partial charge in [-0.2, -0.15) is 4.98 Å². The van der Waals surface area contributed by atoms with Crippen LogP contribution in [0.2, 0.25) is 5.02 Å². The lowest BCUT2D eigenvalue weighted by molar-refractivity contribution is 0.365. The van der Waals surface area contributed by atoms with E-state index in [1.54, 1.807) is 0 Å². The molecule has 169 valence electrons. The summed E-state index contributed by atoms with van der Waals surface area (Å²) in [5.74, 6) is 1.10. The molecule has 0 aliphatic rings. The van der Waals surface area contributed by atoms with Crippen LogP contribution >= 0.6 is 11.6 Å². The van der Waals surface area contributed by atoms with E-state index in [0.29, 0.717) is 16.7 Å². The first-order valence-electron chi connectivity index (χ1n) is 11.3. The molecular weight excluding hydrogens is 430 g/mol. The van der Waals surface area contributed by atoms with Crippen molar-refractivity contribution in [2.24, 2.45) is 0 Å². The Labute approximate surface area is 201 Å². The molecule has 0 unspecified atom stereocenters. The van der Waals surface area contributed by atoms with Crippen LogP contribution in [0.4, 0.5) is 0 Å². The summed E-state index contributed by atoms with van der Waals surface area (Å²) in [4.78, 5) is 4.79. The fourth-order valence-electron chi connectivity index (χ4n) is 4.12. The zero-order valence-electron chi connectivity index (χ0n) is 19.1. The predicted molar refractivity (Wildman–Crippen MR) is 134 cm³/mol. The Kier molecular flexibility index (Phi) is 7.58. The summed E-state index contributed by atoms with van der Waals surface area (Å²) >= 11 is 6.32. The van der Waals surface area contributed by atoms with Gasteiger partial charge < -0.3 is 9.84 Å². The van der Waals surface area contributed by atoms with E-state index < -0.39 is 0 Å². The fraction of sp³-hybridized carbons (Fsp3) is 0.250. The van der Waals surface area contributed by atoms with E-state index in [2.05, 4.69) is 67.6 Å². The van der Waals surface area contributed by atoms with Gasteiger partial charge in [0.15, 0.2) is 0 Å². The van der Waals surface area contributed by atoms with E-state index in [-0.39, 0.29) is 5.92 Å². The highest BCUT2D eigenvalue weighted by Crippen LogP contribution is 2.31. The topological polar surface area (TPSA) is 51.0 Å². The highest BCUT2D eigenvalue weighted by atomic mass is 35.5. The Morgan fingerprint density at radius 1 is 0.970 bits per heavy atom. The molecule has 1 N–H and O–H groups in total. The third-order valence-electron chi connectivity index (χ3n) is 5.61. The smallest absolute Gasteiger partial charge is 0.234 e. The normalized spacial score (nSPS) is 12.1. The summed E-state index contributed by atoms with van der Waals surface area (Å²) in [7, 11) is 0. The number of aromatic nitrogens is 2. The summed E-state index contributed by atoms with van der Waals surface area (Å²) in [6.45, 7) is 9.81. The highest BCUT2D eigenvalue weighted by Gasteiger charge is 2.23. The zero-order chi connectivity index (χ0) is 23.2. The Hall–Kier alpha value is -2.95. The van der Waals surface area contributed by atoms with Gasteiger partial charge in [-0.1, -0.05) is 89.4 Å². The van der Waals surface area contributed by atoms with E-state index in [4.69, 9.17) is 21.1 Å². The molecule has 4 rings (SSSR count). The Morgan fingerprint density at radius 3 is 2.42 bits per heavy atom. The number of nitrogens with zero attached hydrogens (tertiary/aromatic N) is 2. The molecule has 1 radical (unpaired) electrons. The van der Waals surface area contributed by atoms with Crippen molar-refractivity contribution in [2.75, 3.05) is 6.54 Å². The first-order chi connectivity index (χ1) is 16.0. The Balaban J connectivity index is 1.61. The van der Waals surface area contributed by atoms with Gasteiger partial charge in [0.05, 0.1) is 5.92 Å². The van der Waals surface area contributed by atoms with Gasteiger partial charge in [-0.15, -0.1) is 0 Å². The molecule has 0 fully saturated rings. The van der Waals surface area contributed by atoms with Crippen LogP contribution in [0.25, 0.3) is 11.4 Å². The lowest BCUT2D eigenvalue weighted by Gasteiger charge is -2.15. The third-order valence-corrected chi connectivity index (χ3v) is 5.84. The van der Waals surface area contributed by atoms with Gasteiger partial charge in [0.25, 0.3) is 0 Å². The SMILES string of the molecule is [CH2]CCNCc1ccc(-c2noc([C@H](Cc3cc(C)cc(C)c3)c3cccc(Cl)c3)n2)cc1. The van der Waals surface area contributed by atoms with Gasteiger partial charge in [0, 0.05) is 17.1 Å². The number of hydrogen-bond acceptors (Lipinski definition) is 4. The fourth-order valence-corrected chi connectivity index (χ4v) is 4.32. The Bertz CT molecular complexity index is 1180. The lowest BCUT2D eigenvalue weighted by atomic mass is 9.90. The van der Waals surface area contributed by atoms with Crippen LogP contribution in [-0.4, -0.2) is 16.7 Å². The number of rotatable bonds is 9. The van der Waals surface area contributed by atoms with Crippen molar-refractivity contribution in [3.63, 3.8) is 0 Å². The molecule has 1 heterocycles. The molecule has 0 bridgehead atoms. The average molecular weight is 459 g/mol. The highest BCUT2D eigenvalue weighted by molar-refractivity contribution is 6.30. The summed E-state index contributed by atoms with van der Waals surface area (Å²) < 4.78 is 5.79. The maximum atomic E-state index is 6.32. The lowest BCUT2D eigenvalue weighted by Crippen LogP contribution is -2.13. The maximum Gasteiger partial charge on any atom is 0.234 e. The minimum absolute atomic E-state index is 0.0859. The molecule has 0 aliphatic carbocycles. The van der Waals surface area contributed by atoms with Crippen molar-refractivity contribution in [3.8, 4) is 11.4 Å². The molecule has 4 nitrogen and oxygen atoms in total. The molecule has 0 saturated carbocycles. The van der Waals surface area contributed by atoms with Crippen LogP contribution in [0.15, 0.2) is 71.3 Å². The number of aryl methyl sites for hydroxylation is 2. The quantitative estimate of drug-likeness (QED) is 0.284. The van der Waals surface area contributed by atoms with E-state index in [0.717, 1.165) is 37.1 Å². The summed E-state index contributed by atoms with van der Waals surface area (Å²) in [5.41, 5.74) is 6.92. The van der Waals surface area contributed by atoms with Gasteiger partial charge in [-0.05, 0) is 62.1 Å². The molecule has 33 heavy (non-hydrogen) atoms. The zero-order valence-corrected chi connectivity index (χ0v) is 19.9. The van der Waals surface area contributed by atoms with E-state index in [1.807, 2.05) is 30.3 Å². The second-order valence-corrected chi connectivity index (χ2v) is 8.93. The molecule has 1 aromatic heterocycles. The molecule has 3 aromatic carbocycles. The second kappa shape index (κ2) is 10.8. The van der Waals surface area contributed by atoms with Crippen molar-refractivity contribution in [2.45, 2.75) is 39.2 Å². The van der Waals surface area contributed by atoms with Crippen molar-refractivity contribution in [1.29, 1.82) is 0 Å². The van der Waals surface area contributed by atoms with Gasteiger partial charge in [0.1, 0.15) is 0 Å². The van der Waals surface area contributed by atoms with Crippen molar-refractivity contribution >= 4 is 11.6 Å². The van der Waals surface area contributed by atoms with Gasteiger partial charge in [-0.3, -0.25) is 0 Å². The first kappa shape index (κ1) is 23.2. The minimum atomic E-state index is -0.0859. The van der Waals surface area contributed by atoms with E-state index in [9.17, 15) is 0 Å². The Morgan fingerprint density at radius 2 is 1.73 bits per heavy atom. The van der Waals surface area contributed by atoms with E-state index in [1.165, 1.54) is 22.3 Å². The van der Waals surface area contributed by atoms with Crippen LogP contribution in [0, 0.1) is 20.8 Å². The molecule has 1 atom stereocenters. The number of halogens is 1. The monoisotopic (exact) mass is 458 g/mol. The van der Waals surface area contributed by atoms with Crippen molar-refractivity contribution in [3.05, 3.63) is 112 Å². The van der Waals surface area contributed by atoms with Crippen molar-refractivity contribution in [1.82, 2.24) is 15.5 Å². The first-order valence-corrected chi connectivity index (χ1v) is 11.6. The van der Waals surface area contributed by atoms with Crippen molar-refractivity contribution < 1.29 is 4.52 Å². The minimum Gasteiger partial charge on any atom is -0.338 e. The molecule has 0 spiro atoms. The van der Waals surface area contributed by atoms with Gasteiger partial charge in [-0.25, -0.2) is 0 Å². The van der Waals surface area contributed by atoms with Crippen LogP contribution in [0.1, 0.15) is 46.0 Å². The van der Waals surface area contributed by atoms with Crippen LogP contribution < -0.4 is 5.32 Å². The summed E-state index contributed by atoms with van der Waals surface area (Å²) in [6, 6.07) is 22.7. The molecule has 5 heteroatoms. The third kappa shape index (κ3) is 6.10. The summed E-state index contributed by atoms with van der Waals surface area (Å²) in [6.07, 6.45) is 1.63. The molecule has 0 amide bonds. The number of hydrogen-bond donors (Lipinski definition) is 1. The second-order valence-electron chi connectivity index (χ2n) is 8.49. The van der Waals surface area contributed by atoms with Gasteiger partial charge in [0.2, 0.25) is 11.7 Å². The van der Waals surface area contributed by atoms with E-state index >= 15 is 0 Å². The van der Waals surface area contributed by atoms with Crippen LogP contribution in [-0.2, 0) is 13.0 Å². The largest absolute Gasteiger partial charge is 0.338 e. The maximum absolute atomic E-state index is 6.32. The molecule has 0 aliphatic heterocycles. The predicted octanol–water partition coefficient (Wildman–Crippen LogP) is 6.70. The van der Waals surface area contributed by atoms with Crippen LogP contribution in [0.3, 0.4) is 0 Å². The van der Waals surface area contributed by atoms with Crippen LogP contribution in [0.5, 0.6) is 0 Å². The standard InChI is InChI=1S/C28H29ClN3O/c1-4-12-30-18-21-8-10-23(11-9-21)27-31-28(33-32-27)26(24-6-5-7-25(29)17-24)16-22-14-19(2)13-20(3)15-22/h5-11,13-15,17,26,30H,1,4,12,16,18H2,2-3H3/t26-/m1/s1. The summed E-state index contributed by atoms with van der Waals surface area (Å²) in [5, 5.41) is 8.35.